The highest BCUT2D eigenvalue weighted by Crippen LogP contribution is 2.26. The van der Waals surface area contributed by atoms with Gasteiger partial charge in [-0.3, -0.25) is 4.79 Å². The van der Waals surface area contributed by atoms with Crippen LogP contribution < -0.4 is 11.1 Å². The lowest BCUT2D eigenvalue weighted by molar-refractivity contribution is 0.102. The van der Waals surface area contributed by atoms with E-state index in [1.807, 2.05) is 13.0 Å². The number of rotatable bonds is 3. The molecule has 0 heterocycles. The molecule has 0 unspecified atom stereocenters. The highest BCUT2D eigenvalue weighted by atomic mass is 35.5. The Balaban J connectivity index is 2.42. The maximum Gasteiger partial charge on any atom is 0.258 e. The molecule has 3 N–H and O–H groups in total. The lowest BCUT2D eigenvalue weighted by Crippen LogP contribution is -2.19. The Hall–Kier alpha value is -1.62. The molecule has 0 radical (unpaired) electrons. The Labute approximate surface area is 138 Å². The number of hydrogen-bond donors (Lipinski definition) is 2. The minimum Gasteiger partial charge on any atom is -0.389 e. The fourth-order valence-corrected chi connectivity index (χ4v) is 2.84. The number of benzene rings is 2. The molecular formula is C15H12Cl2N2OS. The van der Waals surface area contributed by atoms with Crippen molar-refractivity contribution in [2.75, 3.05) is 5.32 Å². The standard InChI is InChI=1S/C15H12Cl2N2OS/c1-8-4-2-7-11(12(8)14(18)21)19-15(20)13-9(16)5-3-6-10(13)17/h2-7H,1H3,(H2,18,21)(H,19,20). The van der Waals surface area contributed by atoms with Crippen LogP contribution in [0.3, 0.4) is 0 Å². The number of amides is 1. The van der Waals surface area contributed by atoms with Crippen molar-refractivity contribution in [1.82, 2.24) is 0 Å². The second-order valence-electron chi connectivity index (χ2n) is 4.41. The van der Waals surface area contributed by atoms with E-state index in [1.165, 1.54) is 0 Å². The zero-order chi connectivity index (χ0) is 15.6. The van der Waals surface area contributed by atoms with E-state index in [1.54, 1.807) is 30.3 Å². The summed E-state index contributed by atoms with van der Waals surface area (Å²) < 4.78 is 0. The van der Waals surface area contributed by atoms with E-state index in [0.29, 0.717) is 11.3 Å². The number of thiocarbonyl (C=S) groups is 1. The lowest BCUT2D eigenvalue weighted by atomic mass is 10.1. The SMILES string of the molecule is Cc1cccc(NC(=O)c2c(Cl)cccc2Cl)c1C(N)=S. The third kappa shape index (κ3) is 3.35. The maximum absolute atomic E-state index is 12.4. The highest BCUT2D eigenvalue weighted by Gasteiger charge is 2.17. The molecule has 108 valence electrons. The van der Waals surface area contributed by atoms with Crippen LogP contribution in [-0.4, -0.2) is 10.9 Å². The van der Waals surface area contributed by atoms with Gasteiger partial charge in [0.1, 0.15) is 4.99 Å². The van der Waals surface area contributed by atoms with Gasteiger partial charge in [0, 0.05) is 5.56 Å². The van der Waals surface area contributed by atoms with Gasteiger partial charge in [0.15, 0.2) is 0 Å². The van der Waals surface area contributed by atoms with E-state index in [2.05, 4.69) is 5.32 Å². The first-order valence-corrected chi connectivity index (χ1v) is 7.23. The predicted octanol–water partition coefficient (Wildman–Crippen LogP) is 4.19. The van der Waals surface area contributed by atoms with Gasteiger partial charge in [-0.05, 0) is 30.7 Å². The number of carbonyl (C=O) groups excluding carboxylic acids is 1. The molecule has 0 bridgehead atoms. The number of hydrogen-bond acceptors (Lipinski definition) is 2. The van der Waals surface area contributed by atoms with Gasteiger partial charge < -0.3 is 11.1 Å². The maximum atomic E-state index is 12.4. The van der Waals surface area contributed by atoms with Gasteiger partial charge in [-0.2, -0.15) is 0 Å². The molecule has 0 aromatic heterocycles. The molecule has 3 nitrogen and oxygen atoms in total. The van der Waals surface area contributed by atoms with Crippen LogP contribution in [-0.2, 0) is 0 Å². The van der Waals surface area contributed by atoms with Gasteiger partial charge >= 0.3 is 0 Å². The summed E-state index contributed by atoms with van der Waals surface area (Å²) >= 11 is 17.1. The van der Waals surface area contributed by atoms with Gasteiger partial charge in [-0.25, -0.2) is 0 Å². The van der Waals surface area contributed by atoms with Gasteiger partial charge in [-0.15, -0.1) is 0 Å². The van der Waals surface area contributed by atoms with Crippen LogP contribution in [0.25, 0.3) is 0 Å². The first kappa shape index (κ1) is 15.8. The summed E-state index contributed by atoms with van der Waals surface area (Å²) in [5.74, 6) is -0.409. The average molecular weight is 339 g/mol. The Kier molecular flexibility index (Phi) is 4.83. The number of halogens is 2. The van der Waals surface area contributed by atoms with Crippen LogP contribution in [0.2, 0.25) is 10.0 Å². The number of nitrogens with one attached hydrogen (secondary N) is 1. The molecule has 0 spiro atoms. The molecule has 0 saturated heterocycles. The van der Waals surface area contributed by atoms with E-state index >= 15 is 0 Å². The monoisotopic (exact) mass is 338 g/mol. The van der Waals surface area contributed by atoms with Gasteiger partial charge in [-0.1, -0.05) is 53.6 Å². The molecule has 2 aromatic rings. The molecular weight excluding hydrogens is 327 g/mol. The number of nitrogens with two attached hydrogens (primary N) is 1. The highest BCUT2D eigenvalue weighted by molar-refractivity contribution is 7.80. The summed E-state index contributed by atoms with van der Waals surface area (Å²) in [4.78, 5) is 12.6. The molecule has 21 heavy (non-hydrogen) atoms. The smallest absolute Gasteiger partial charge is 0.258 e. The fraction of sp³-hybridized carbons (Fsp3) is 0.0667. The molecule has 0 aliphatic carbocycles. The number of aryl methyl sites for hydroxylation is 1. The van der Waals surface area contributed by atoms with Crippen LogP contribution in [0.15, 0.2) is 36.4 Å². The van der Waals surface area contributed by atoms with Crippen LogP contribution in [0.4, 0.5) is 5.69 Å². The normalized spacial score (nSPS) is 10.2. The Morgan fingerprint density at radius 3 is 2.24 bits per heavy atom. The predicted molar refractivity (Wildman–Crippen MR) is 91.5 cm³/mol. The average Bonchev–Trinajstić information content (AvgIpc) is 2.37. The minimum absolute atomic E-state index is 0.216. The largest absolute Gasteiger partial charge is 0.389 e. The topological polar surface area (TPSA) is 55.1 Å². The van der Waals surface area contributed by atoms with Crippen molar-refractivity contribution in [3.05, 3.63) is 63.1 Å². The van der Waals surface area contributed by atoms with Crippen molar-refractivity contribution in [3.63, 3.8) is 0 Å². The first-order valence-electron chi connectivity index (χ1n) is 6.06. The van der Waals surface area contributed by atoms with Crippen molar-refractivity contribution in [2.24, 2.45) is 5.73 Å². The Bertz CT molecular complexity index is 711. The zero-order valence-corrected chi connectivity index (χ0v) is 13.4. The van der Waals surface area contributed by atoms with Crippen LogP contribution >= 0.6 is 35.4 Å². The summed E-state index contributed by atoms with van der Waals surface area (Å²) in [6, 6.07) is 10.3. The molecule has 0 atom stereocenters. The quantitative estimate of drug-likeness (QED) is 0.825. The molecule has 2 aromatic carbocycles. The van der Waals surface area contributed by atoms with Gasteiger partial charge in [0.25, 0.3) is 5.91 Å². The molecule has 6 heteroatoms. The van der Waals surface area contributed by atoms with Gasteiger partial charge in [0.2, 0.25) is 0 Å². The first-order chi connectivity index (χ1) is 9.91. The minimum atomic E-state index is -0.409. The molecule has 0 aliphatic rings. The molecule has 1 amide bonds. The van der Waals surface area contributed by atoms with Crippen molar-refractivity contribution < 1.29 is 4.79 Å². The molecule has 0 fully saturated rings. The van der Waals surface area contributed by atoms with E-state index in [0.717, 1.165) is 5.56 Å². The van der Waals surface area contributed by atoms with Crippen molar-refractivity contribution in [2.45, 2.75) is 6.92 Å². The summed E-state index contributed by atoms with van der Waals surface area (Å²) in [5, 5.41) is 3.32. The summed E-state index contributed by atoms with van der Waals surface area (Å²) in [5.41, 5.74) is 7.98. The van der Waals surface area contributed by atoms with E-state index < -0.39 is 5.91 Å². The molecule has 0 saturated carbocycles. The van der Waals surface area contributed by atoms with Crippen LogP contribution in [0, 0.1) is 6.92 Å². The van der Waals surface area contributed by atoms with Crippen LogP contribution in [0.5, 0.6) is 0 Å². The van der Waals surface area contributed by atoms with Crippen molar-refractivity contribution >= 4 is 52.0 Å². The van der Waals surface area contributed by atoms with E-state index in [9.17, 15) is 4.79 Å². The fourth-order valence-electron chi connectivity index (χ4n) is 2.00. The third-order valence-corrected chi connectivity index (χ3v) is 3.79. The Morgan fingerprint density at radius 2 is 1.67 bits per heavy atom. The summed E-state index contributed by atoms with van der Waals surface area (Å²) in [6.07, 6.45) is 0. The number of carbonyl (C=O) groups is 1. The van der Waals surface area contributed by atoms with E-state index in [-0.39, 0.29) is 20.6 Å². The lowest BCUT2D eigenvalue weighted by Gasteiger charge is -2.13. The summed E-state index contributed by atoms with van der Waals surface area (Å²) in [7, 11) is 0. The van der Waals surface area contributed by atoms with Crippen molar-refractivity contribution in [1.29, 1.82) is 0 Å². The third-order valence-electron chi connectivity index (χ3n) is 2.96. The molecule has 2 rings (SSSR count). The Morgan fingerprint density at radius 1 is 1.10 bits per heavy atom. The van der Waals surface area contributed by atoms with Crippen LogP contribution in [0.1, 0.15) is 21.5 Å². The van der Waals surface area contributed by atoms with Gasteiger partial charge in [0.05, 0.1) is 21.3 Å². The number of anilines is 1. The summed E-state index contributed by atoms with van der Waals surface area (Å²) in [6.45, 7) is 1.87. The molecule has 0 aliphatic heterocycles. The van der Waals surface area contributed by atoms with E-state index in [4.69, 9.17) is 41.2 Å². The van der Waals surface area contributed by atoms with Crippen molar-refractivity contribution in [3.8, 4) is 0 Å². The zero-order valence-electron chi connectivity index (χ0n) is 11.1. The second-order valence-corrected chi connectivity index (χ2v) is 5.67. The second kappa shape index (κ2) is 6.43.